The molecule has 0 heterocycles. The molecule has 6 nitrogen and oxygen atoms in total. The van der Waals surface area contributed by atoms with E-state index in [0.29, 0.717) is 29.6 Å². The van der Waals surface area contributed by atoms with Crippen LogP contribution in [0.25, 0.3) is 0 Å². The molecule has 0 radical (unpaired) electrons. The van der Waals surface area contributed by atoms with Gasteiger partial charge < -0.3 is 14.2 Å². The molecule has 0 spiro atoms. The number of carbonyl (C=O) groups is 3. The zero-order chi connectivity index (χ0) is 35.9. The zero-order valence-electron chi connectivity index (χ0n) is 29.2. The van der Waals surface area contributed by atoms with Crippen LogP contribution in [0.1, 0.15) is 71.6 Å². The molecule has 0 unspecified atom stereocenters. The van der Waals surface area contributed by atoms with Gasteiger partial charge in [-0.25, -0.2) is 14.4 Å². The van der Waals surface area contributed by atoms with Gasteiger partial charge in [0.2, 0.25) is 0 Å². The van der Waals surface area contributed by atoms with Gasteiger partial charge in [0, 0.05) is 29.1 Å². The first-order chi connectivity index (χ1) is 22.8. The predicted octanol–water partition coefficient (Wildman–Crippen LogP) is 9.80. The van der Waals surface area contributed by atoms with Crippen molar-refractivity contribution in [2.45, 2.75) is 65.7 Å². The normalized spacial score (nSPS) is 11.6. The van der Waals surface area contributed by atoms with Crippen molar-refractivity contribution >= 4 is 17.9 Å². The van der Waals surface area contributed by atoms with Crippen LogP contribution >= 0.6 is 0 Å². The molecule has 0 aliphatic rings. The highest BCUT2D eigenvalue weighted by Crippen LogP contribution is 2.39. The van der Waals surface area contributed by atoms with Crippen LogP contribution in [0, 0.1) is 5.92 Å². The Hall–Kier alpha value is -5.23. The van der Waals surface area contributed by atoms with Gasteiger partial charge in [-0.15, -0.1) is 0 Å². The number of hydrogen-bond donors (Lipinski definition) is 0. The lowest BCUT2D eigenvalue weighted by atomic mass is 9.72. The summed E-state index contributed by atoms with van der Waals surface area (Å²) in [4.78, 5) is 35.1. The van der Waals surface area contributed by atoms with Crippen molar-refractivity contribution in [1.29, 1.82) is 0 Å². The average Bonchev–Trinajstić information content (AvgIpc) is 3.09. The smallest absolute Gasteiger partial charge is 0.335 e. The van der Waals surface area contributed by atoms with Crippen molar-refractivity contribution < 1.29 is 28.6 Å². The SMILES string of the molecule is C=CC(=O)Oc1ccc(C(C)(C)C(/C=C\CC(C)(c2ccc(OC(=O)C=C)cc2)c2ccc(OC(=O)C=C)cc2)=C/C(C)C)cc1.CC. The molecule has 3 rings (SSSR count). The van der Waals surface area contributed by atoms with Gasteiger partial charge in [-0.1, -0.05) is 123 Å². The Morgan fingerprint density at radius 2 is 0.958 bits per heavy atom. The van der Waals surface area contributed by atoms with Gasteiger partial charge in [-0.3, -0.25) is 0 Å². The summed E-state index contributed by atoms with van der Waals surface area (Å²) in [6, 6.07) is 22.4. The number of allylic oxidation sites excluding steroid dienone is 4. The molecule has 0 N–H and O–H groups in total. The molecule has 3 aromatic rings. The summed E-state index contributed by atoms with van der Waals surface area (Å²) in [6.45, 7) is 25.1. The van der Waals surface area contributed by atoms with E-state index in [0.717, 1.165) is 40.5 Å². The van der Waals surface area contributed by atoms with Crippen LogP contribution in [0.4, 0.5) is 0 Å². The summed E-state index contributed by atoms with van der Waals surface area (Å²) in [5, 5.41) is 0. The lowest BCUT2D eigenvalue weighted by Crippen LogP contribution is -2.23. The first-order valence-corrected chi connectivity index (χ1v) is 16.1. The number of benzene rings is 3. The van der Waals surface area contributed by atoms with Crippen LogP contribution in [0.15, 0.2) is 135 Å². The third-order valence-corrected chi connectivity index (χ3v) is 7.77. The molecule has 0 amide bonds. The Kier molecular flexibility index (Phi) is 14.8. The molecule has 0 atom stereocenters. The molecular weight excluding hydrogens is 600 g/mol. The molecule has 6 heteroatoms. The van der Waals surface area contributed by atoms with Gasteiger partial charge >= 0.3 is 17.9 Å². The molecule has 48 heavy (non-hydrogen) atoms. The first kappa shape index (κ1) is 39.0. The second-order valence-electron chi connectivity index (χ2n) is 11.9. The lowest BCUT2D eigenvalue weighted by molar-refractivity contribution is -0.129. The Labute approximate surface area is 286 Å². The van der Waals surface area contributed by atoms with E-state index in [1.807, 2.05) is 50.2 Å². The van der Waals surface area contributed by atoms with Gasteiger partial charge in [0.15, 0.2) is 0 Å². The van der Waals surface area contributed by atoms with E-state index in [1.165, 1.54) is 0 Å². The Bertz CT molecular complexity index is 1550. The molecule has 0 aliphatic carbocycles. The highest BCUT2D eigenvalue weighted by molar-refractivity contribution is 5.84. The van der Waals surface area contributed by atoms with Crippen molar-refractivity contribution in [3.63, 3.8) is 0 Å². The minimum Gasteiger partial charge on any atom is -0.423 e. The van der Waals surface area contributed by atoms with Crippen molar-refractivity contribution in [3.05, 3.63) is 151 Å². The van der Waals surface area contributed by atoms with Crippen LogP contribution in [0.3, 0.4) is 0 Å². The van der Waals surface area contributed by atoms with E-state index in [1.54, 1.807) is 36.4 Å². The maximum atomic E-state index is 11.7. The number of esters is 3. The minimum absolute atomic E-state index is 0.301. The fraction of sp³-hybridized carbons (Fsp3) is 0.262. The molecule has 0 fully saturated rings. The second-order valence-corrected chi connectivity index (χ2v) is 11.9. The van der Waals surface area contributed by atoms with E-state index in [-0.39, 0.29) is 5.41 Å². The third kappa shape index (κ3) is 10.7. The van der Waals surface area contributed by atoms with E-state index < -0.39 is 23.3 Å². The molecule has 0 saturated heterocycles. The molecule has 0 bridgehead atoms. The van der Waals surface area contributed by atoms with Gasteiger partial charge in [0.25, 0.3) is 0 Å². The molecule has 0 saturated carbocycles. The van der Waals surface area contributed by atoms with Crippen LogP contribution in [-0.2, 0) is 25.2 Å². The van der Waals surface area contributed by atoms with Crippen LogP contribution < -0.4 is 14.2 Å². The van der Waals surface area contributed by atoms with E-state index >= 15 is 0 Å². The highest BCUT2D eigenvalue weighted by atomic mass is 16.5. The molecule has 0 aromatic heterocycles. The maximum absolute atomic E-state index is 11.7. The Morgan fingerprint density at radius 1 is 0.625 bits per heavy atom. The number of carbonyl (C=O) groups excluding carboxylic acids is 3. The molecule has 3 aromatic carbocycles. The fourth-order valence-electron chi connectivity index (χ4n) is 5.02. The Balaban J connectivity index is 0.00000392. The quantitative estimate of drug-likeness (QED) is 0.0749. The van der Waals surface area contributed by atoms with Crippen molar-refractivity contribution in [2.75, 3.05) is 0 Å². The van der Waals surface area contributed by atoms with E-state index in [9.17, 15) is 14.4 Å². The summed E-state index contributed by atoms with van der Waals surface area (Å²) < 4.78 is 15.9. The highest BCUT2D eigenvalue weighted by Gasteiger charge is 2.29. The van der Waals surface area contributed by atoms with Gasteiger partial charge in [0.1, 0.15) is 17.2 Å². The monoisotopic (exact) mass is 648 g/mol. The molecule has 252 valence electrons. The summed E-state index contributed by atoms with van der Waals surface area (Å²) in [5.41, 5.74) is 3.36. The van der Waals surface area contributed by atoms with E-state index in [4.69, 9.17) is 14.2 Å². The van der Waals surface area contributed by atoms with Crippen LogP contribution in [0.5, 0.6) is 17.2 Å². The van der Waals surface area contributed by atoms with Crippen LogP contribution in [0.2, 0.25) is 0 Å². The molecule has 0 aliphatic heterocycles. The standard InChI is InChI=1S/C40H42O6.C2H6/c1-9-36(41)44-33-20-14-29(15-21-33)39(6,7)32(27-28(4)5)13-12-26-40(8,30-16-22-34(23-17-30)45-37(42)10-2)31-18-24-35(25-19-31)46-38(43)11-3;1-2/h9-25,27-28H,1-3,26H2,4-8H3;1-2H3/b13-12-,32-27+;. The van der Waals surface area contributed by atoms with Gasteiger partial charge in [0.05, 0.1) is 0 Å². The van der Waals surface area contributed by atoms with Gasteiger partial charge in [-0.2, -0.15) is 0 Å². The number of rotatable bonds is 14. The number of hydrogen-bond acceptors (Lipinski definition) is 6. The average molecular weight is 649 g/mol. The first-order valence-electron chi connectivity index (χ1n) is 16.1. The van der Waals surface area contributed by atoms with E-state index in [2.05, 4.69) is 72.6 Å². The largest absolute Gasteiger partial charge is 0.423 e. The topological polar surface area (TPSA) is 78.9 Å². The zero-order valence-corrected chi connectivity index (χ0v) is 29.2. The van der Waals surface area contributed by atoms with Gasteiger partial charge in [-0.05, 0) is 71.0 Å². The fourth-order valence-corrected chi connectivity index (χ4v) is 5.02. The maximum Gasteiger partial charge on any atom is 0.335 e. The van der Waals surface area contributed by atoms with Crippen molar-refractivity contribution in [2.24, 2.45) is 5.92 Å². The lowest BCUT2D eigenvalue weighted by Gasteiger charge is -2.31. The summed E-state index contributed by atoms with van der Waals surface area (Å²) in [7, 11) is 0. The Morgan fingerprint density at radius 3 is 1.27 bits per heavy atom. The van der Waals surface area contributed by atoms with Crippen molar-refractivity contribution in [1.82, 2.24) is 0 Å². The molecular formula is C42H48O6. The predicted molar refractivity (Wildman–Crippen MR) is 194 cm³/mol. The van der Waals surface area contributed by atoms with Crippen LogP contribution in [-0.4, -0.2) is 17.9 Å². The number of ether oxygens (including phenoxy) is 3. The minimum atomic E-state index is -0.525. The summed E-state index contributed by atoms with van der Waals surface area (Å²) in [5.74, 6) is 0.0544. The second kappa shape index (κ2) is 18.2. The third-order valence-electron chi connectivity index (χ3n) is 7.77. The summed E-state index contributed by atoms with van der Waals surface area (Å²) >= 11 is 0. The summed E-state index contributed by atoms with van der Waals surface area (Å²) in [6.07, 6.45) is 10.6. The van der Waals surface area contributed by atoms with Crippen molar-refractivity contribution in [3.8, 4) is 17.2 Å².